The number of benzene rings is 1. The minimum absolute atomic E-state index is 0.138. The molecule has 0 bridgehead atoms. The van der Waals surface area contributed by atoms with Crippen LogP contribution < -0.4 is 4.90 Å². The Morgan fingerprint density at radius 1 is 1.50 bits per heavy atom. The van der Waals surface area contributed by atoms with Crippen molar-refractivity contribution in [3.63, 3.8) is 0 Å². The Labute approximate surface area is 105 Å². The van der Waals surface area contributed by atoms with E-state index in [1.54, 1.807) is 6.07 Å². The monoisotopic (exact) mass is 257 g/mol. The third kappa shape index (κ3) is 2.60. The number of aliphatic imine (C=N–C) groups is 1. The second kappa shape index (κ2) is 4.93. The molecule has 5 heteroatoms. The van der Waals surface area contributed by atoms with Gasteiger partial charge in [0.25, 0.3) is 6.40 Å². The van der Waals surface area contributed by atoms with Crippen molar-refractivity contribution in [3.8, 4) is 0 Å². The zero-order valence-electron chi connectivity index (χ0n) is 8.78. The van der Waals surface area contributed by atoms with E-state index in [0.717, 1.165) is 12.2 Å². The second-order valence-electron chi connectivity index (χ2n) is 3.66. The number of ether oxygens (including phenoxy) is 1. The molecule has 1 unspecified atom stereocenters. The van der Waals surface area contributed by atoms with Crippen molar-refractivity contribution in [2.24, 2.45) is 4.99 Å². The van der Waals surface area contributed by atoms with Gasteiger partial charge >= 0.3 is 0 Å². The van der Waals surface area contributed by atoms with E-state index in [1.165, 1.54) is 0 Å². The average molecular weight is 258 g/mol. The van der Waals surface area contributed by atoms with Crippen LogP contribution in [0.2, 0.25) is 10.0 Å². The summed E-state index contributed by atoms with van der Waals surface area (Å²) < 4.78 is 4.95. The molecule has 2 rings (SSSR count). The summed E-state index contributed by atoms with van der Waals surface area (Å²) in [5.41, 5.74) is 1.01. The summed E-state index contributed by atoms with van der Waals surface area (Å²) in [6, 6.07) is 5.69. The number of hydrogen-bond acceptors (Lipinski definition) is 3. The van der Waals surface area contributed by atoms with Crippen molar-refractivity contribution < 1.29 is 4.74 Å². The predicted molar refractivity (Wildman–Crippen MR) is 66.9 cm³/mol. The third-order valence-corrected chi connectivity index (χ3v) is 3.14. The first-order valence-corrected chi connectivity index (χ1v) is 5.65. The fourth-order valence-electron chi connectivity index (χ4n) is 1.52. The van der Waals surface area contributed by atoms with Crippen LogP contribution in [0.3, 0.4) is 0 Å². The van der Waals surface area contributed by atoms with Gasteiger partial charge in [0, 0.05) is 19.3 Å². The lowest BCUT2D eigenvalue weighted by Crippen LogP contribution is -2.28. The molecule has 1 aromatic rings. The number of anilines is 1. The molecule has 3 nitrogen and oxygen atoms in total. The maximum Gasteiger partial charge on any atom is 0.273 e. The number of likely N-dealkylation sites (N-methyl/N-ethyl adjacent to an activating group) is 1. The lowest BCUT2D eigenvalue weighted by molar-refractivity contribution is 0.329. The summed E-state index contributed by atoms with van der Waals surface area (Å²) in [6.07, 6.45) is 2.50. The first-order valence-electron chi connectivity index (χ1n) is 4.89. The smallest absolute Gasteiger partial charge is 0.273 e. The zero-order chi connectivity index (χ0) is 11.5. The lowest BCUT2D eigenvalue weighted by Gasteiger charge is -2.21. The topological polar surface area (TPSA) is 24.8 Å². The van der Waals surface area contributed by atoms with Crippen LogP contribution in [0.1, 0.15) is 0 Å². The quantitative estimate of drug-likeness (QED) is 0.832. The third-order valence-electron chi connectivity index (χ3n) is 2.40. The second-order valence-corrected chi connectivity index (χ2v) is 4.48. The van der Waals surface area contributed by atoms with Gasteiger partial charge in [-0.2, -0.15) is 0 Å². The molecule has 1 heterocycles. The summed E-state index contributed by atoms with van der Waals surface area (Å²) in [4.78, 5) is 6.13. The Bertz CT molecular complexity index is 409. The fourth-order valence-corrected chi connectivity index (χ4v) is 1.81. The maximum atomic E-state index is 5.96. The van der Waals surface area contributed by atoms with Crippen LogP contribution in [0.25, 0.3) is 0 Å². The van der Waals surface area contributed by atoms with E-state index >= 15 is 0 Å². The summed E-state index contributed by atoms with van der Waals surface area (Å²) in [5, 5.41) is 1.12. The van der Waals surface area contributed by atoms with Crippen molar-refractivity contribution in [2.45, 2.75) is 6.04 Å². The van der Waals surface area contributed by atoms with E-state index in [1.807, 2.05) is 19.2 Å². The van der Waals surface area contributed by atoms with Crippen molar-refractivity contribution in [2.75, 3.05) is 25.1 Å². The van der Waals surface area contributed by atoms with Gasteiger partial charge in [0.05, 0.1) is 10.0 Å². The molecule has 0 aromatic heterocycles. The molecule has 16 heavy (non-hydrogen) atoms. The Balaban J connectivity index is 2.05. The summed E-state index contributed by atoms with van der Waals surface area (Å²) in [6.45, 7) is 1.36. The van der Waals surface area contributed by atoms with Crippen LogP contribution in [0, 0.1) is 0 Å². The average Bonchev–Trinajstić information content (AvgIpc) is 2.74. The van der Waals surface area contributed by atoms with E-state index in [-0.39, 0.29) is 6.04 Å². The van der Waals surface area contributed by atoms with Gasteiger partial charge in [-0.15, -0.1) is 0 Å². The highest BCUT2D eigenvalue weighted by atomic mass is 35.5. The molecular formula is C11H11Cl2N2O. The van der Waals surface area contributed by atoms with Gasteiger partial charge in [-0.3, -0.25) is 0 Å². The van der Waals surface area contributed by atoms with Crippen LogP contribution in [-0.4, -0.2) is 32.6 Å². The van der Waals surface area contributed by atoms with Crippen LogP contribution in [0.15, 0.2) is 23.2 Å². The summed E-state index contributed by atoms with van der Waals surface area (Å²) in [7, 11) is 1.98. The first-order chi connectivity index (χ1) is 7.66. The van der Waals surface area contributed by atoms with Gasteiger partial charge in [0.2, 0.25) is 0 Å². The molecule has 0 spiro atoms. The SMILES string of the molecule is CN(CC1CO[C]=N1)c1ccc(Cl)c(Cl)c1. The minimum atomic E-state index is 0.138. The van der Waals surface area contributed by atoms with E-state index in [4.69, 9.17) is 27.9 Å². The van der Waals surface area contributed by atoms with Crippen molar-refractivity contribution in [1.29, 1.82) is 0 Å². The largest absolute Gasteiger partial charge is 0.472 e. The van der Waals surface area contributed by atoms with Gasteiger partial charge < -0.3 is 9.64 Å². The first kappa shape index (κ1) is 11.6. The Hall–Kier alpha value is -0.930. The Kier molecular flexibility index (Phi) is 3.56. The standard InChI is InChI=1S/C11H11Cl2N2O/c1-15(5-8-6-16-7-14-8)9-2-3-10(12)11(13)4-9/h2-4,8H,5-6H2,1H3. The molecule has 1 radical (unpaired) electrons. The zero-order valence-corrected chi connectivity index (χ0v) is 10.3. The minimum Gasteiger partial charge on any atom is -0.472 e. The van der Waals surface area contributed by atoms with Gasteiger partial charge in [-0.1, -0.05) is 23.2 Å². The molecule has 1 aliphatic rings. The maximum absolute atomic E-state index is 5.96. The van der Waals surface area contributed by atoms with Gasteiger partial charge in [-0.25, -0.2) is 4.99 Å². The van der Waals surface area contributed by atoms with Crippen LogP contribution >= 0.6 is 23.2 Å². The normalized spacial score (nSPS) is 18.6. The highest BCUT2D eigenvalue weighted by Crippen LogP contribution is 2.26. The Morgan fingerprint density at radius 2 is 2.31 bits per heavy atom. The Morgan fingerprint density at radius 3 is 2.94 bits per heavy atom. The summed E-state index contributed by atoms with van der Waals surface area (Å²) >= 11 is 11.8. The number of hydrogen-bond donors (Lipinski definition) is 0. The lowest BCUT2D eigenvalue weighted by atomic mass is 10.2. The fraction of sp³-hybridized carbons (Fsp3) is 0.364. The number of rotatable bonds is 3. The number of halogens is 2. The molecule has 0 aliphatic carbocycles. The van der Waals surface area contributed by atoms with Crippen molar-refractivity contribution >= 4 is 35.3 Å². The van der Waals surface area contributed by atoms with Crippen LogP contribution in [0.4, 0.5) is 5.69 Å². The molecule has 1 aromatic carbocycles. The molecule has 1 atom stereocenters. The van der Waals surface area contributed by atoms with E-state index in [0.29, 0.717) is 16.7 Å². The molecule has 0 N–H and O–H groups in total. The molecule has 85 valence electrons. The van der Waals surface area contributed by atoms with Gasteiger partial charge in [0.15, 0.2) is 0 Å². The van der Waals surface area contributed by atoms with E-state index in [9.17, 15) is 0 Å². The number of nitrogens with zero attached hydrogens (tertiary/aromatic N) is 2. The van der Waals surface area contributed by atoms with Gasteiger partial charge in [0.1, 0.15) is 12.6 Å². The van der Waals surface area contributed by atoms with E-state index < -0.39 is 0 Å². The predicted octanol–water partition coefficient (Wildman–Crippen LogP) is 2.73. The summed E-state index contributed by atoms with van der Waals surface area (Å²) in [5.74, 6) is 0. The molecule has 0 saturated heterocycles. The van der Waals surface area contributed by atoms with Crippen LogP contribution in [0.5, 0.6) is 0 Å². The van der Waals surface area contributed by atoms with Gasteiger partial charge in [-0.05, 0) is 18.2 Å². The molecule has 0 fully saturated rings. The van der Waals surface area contributed by atoms with Crippen LogP contribution in [-0.2, 0) is 4.74 Å². The van der Waals surface area contributed by atoms with Crippen molar-refractivity contribution in [3.05, 3.63) is 28.2 Å². The molecular weight excluding hydrogens is 247 g/mol. The molecule has 0 saturated carbocycles. The van der Waals surface area contributed by atoms with Crippen molar-refractivity contribution in [1.82, 2.24) is 0 Å². The van der Waals surface area contributed by atoms with E-state index in [2.05, 4.69) is 16.3 Å². The molecule has 0 amide bonds. The highest BCUT2D eigenvalue weighted by molar-refractivity contribution is 6.42. The highest BCUT2D eigenvalue weighted by Gasteiger charge is 2.15. The molecule has 1 aliphatic heterocycles.